The van der Waals surface area contributed by atoms with E-state index in [0.717, 1.165) is 5.56 Å². The first kappa shape index (κ1) is 14.5. The third-order valence-electron chi connectivity index (χ3n) is 4.90. The third kappa shape index (κ3) is 2.36. The normalized spacial score (nSPS) is 32.9. The van der Waals surface area contributed by atoms with Crippen LogP contribution in [0.2, 0.25) is 0 Å². The van der Waals surface area contributed by atoms with E-state index >= 15 is 0 Å². The van der Waals surface area contributed by atoms with Crippen LogP contribution in [0.5, 0.6) is 0 Å². The van der Waals surface area contributed by atoms with Gasteiger partial charge in [0.05, 0.1) is 12.8 Å². The van der Waals surface area contributed by atoms with E-state index in [1.54, 1.807) is 7.11 Å². The first-order valence-corrected chi connectivity index (χ1v) is 7.87. The van der Waals surface area contributed by atoms with Gasteiger partial charge >= 0.3 is 5.97 Å². The van der Waals surface area contributed by atoms with Crippen LogP contribution >= 0.6 is 0 Å². The molecule has 1 aliphatic carbocycles. The Bertz CT molecular complexity index is 678. The molecular formula is C18H18O5. The largest absolute Gasteiger partial charge is 0.489 e. The molecule has 0 amide bonds. The van der Waals surface area contributed by atoms with E-state index < -0.39 is 0 Å². The van der Waals surface area contributed by atoms with E-state index in [1.165, 1.54) is 0 Å². The van der Waals surface area contributed by atoms with Gasteiger partial charge in [-0.1, -0.05) is 30.3 Å². The molecule has 2 aliphatic heterocycles. The van der Waals surface area contributed by atoms with Crippen LogP contribution in [0.4, 0.5) is 0 Å². The molecule has 5 heteroatoms. The lowest BCUT2D eigenvalue weighted by atomic mass is 9.77. The number of ketones is 1. The highest BCUT2D eigenvalue weighted by atomic mass is 16.6. The minimum absolute atomic E-state index is 0.0583. The van der Waals surface area contributed by atoms with Gasteiger partial charge in [0, 0.05) is 25.0 Å². The molecule has 1 aromatic carbocycles. The third-order valence-corrected chi connectivity index (χ3v) is 4.90. The van der Waals surface area contributed by atoms with Crippen molar-refractivity contribution >= 4 is 11.8 Å². The van der Waals surface area contributed by atoms with Crippen molar-refractivity contribution in [2.75, 3.05) is 7.11 Å². The Hall–Kier alpha value is -2.14. The second-order valence-corrected chi connectivity index (χ2v) is 6.22. The standard InChI is InChI=1S/C18H18O5/c1-21-15-9-14-17(11-7-16(20)23-18(11)15)12(19)8-13(22-14)10-5-3-2-4-6-10/h2-6,11,13,15,18H,7-9H2,1H3/t11-,13+,15+,18-/m1/s1. The molecule has 23 heavy (non-hydrogen) atoms. The highest BCUT2D eigenvalue weighted by Crippen LogP contribution is 2.46. The summed E-state index contributed by atoms with van der Waals surface area (Å²) in [5.41, 5.74) is 1.63. The van der Waals surface area contributed by atoms with Gasteiger partial charge in [-0.2, -0.15) is 0 Å². The fourth-order valence-corrected chi connectivity index (χ4v) is 3.83. The Labute approximate surface area is 134 Å². The number of carbonyl (C=O) groups is 2. The smallest absolute Gasteiger partial charge is 0.306 e. The molecule has 4 rings (SSSR count). The molecule has 2 heterocycles. The Kier molecular flexibility index (Phi) is 3.45. The summed E-state index contributed by atoms with van der Waals surface area (Å²) in [6.45, 7) is 0. The number of ether oxygens (including phenoxy) is 3. The Morgan fingerprint density at radius 1 is 1.04 bits per heavy atom. The van der Waals surface area contributed by atoms with Gasteiger partial charge in [0.1, 0.15) is 24.1 Å². The molecule has 0 bridgehead atoms. The number of hydrogen-bond donors (Lipinski definition) is 0. The summed E-state index contributed by atoms with van der Waals surface area (Å²) in [5, 5.41) is 0. The van der Waals surface area contributed by atoms with E-state index in [2.05, 4.69) is 0 Å². The van der Waals surface area contributed by atoms with E-state index in [1.807, 2.05) is 30.3 Å². The van der Waals surface area contributed by atoms with Crippen molar-refractivity contribution < 1.29 is 23.8 Å². The van der Waals surface area contributed by atoms with Crippen LogP contribution in [0.3, 0.4) is 0 Å². The summed E-state index contributed by atoms with van der Waals surface area (Å²) in [7, 11) is 1.60. The molecule has 0 aromatic heterocycles. The molecule has 1 saturated heterocycles. The van der Waals surface area contributed by atoms with Crippen LogP contribution in [0.15, 0.2) is 41.7 Å². The Morgan fingerprint density at radius 3 is 2.57 bits per heavy atom. The van der Waals surface area contributed by atoms with E-state index in [9.17, 15) is 9.59 Å². The maximum absolute atomic E-state index is 12.7. The summed E-state index contributed by atoms with van der Waals surface area (Å²) < 4.78 is 17.0. The molecule has 120 valence electrons. The van der Waals surface area contributed by atoms with Gasteiger partial charge in [0.15, 0.2) is 5.78 Å². The molecular weight excluding hydrogens is 296 g/mol. The van der Waals surface area contributed by atoms with Crippen molar-refractivity contribution in [1.29, 1.82) is 0 Å². The zero-order valence-corrected chi connectivity index (χ0v) is 12.9. The summed E-state index contributed by atoms with van der Waals surface area (Å²) in [6.07, 6.45) is 0.107. The van der Waals surface area contributed by atoms with Crippen LogP contribution in [0, 0.1) is 5.92 Å². The molecule has 0 N–H and O–H groups in total. The highest BCUT2D eigenvalue weighted by molar-refractivity contribution is 5.98. The Balaban J connectivity index is 1.69. The molecule has 5 nitrogen and oxygen atoms in total. The van der Waals surface area contributed by atoms with Gasteiger partial charge in [0.25, 0.3) is 0 Å². The maximum Gasteiger partial charge on any atom is 0.306 e. The number of esters is 1. The minimum atomic E-state index is -0.368. The predicted molar refractivity (Wildman–Crippen MR) is 80.3 cm³/mol. The topological polar surface area (TPSA) is 61.8 Å². The van der Waals surface area contributed by atoms with E-state index in [0.29, 0.717) is 24.2 Å². The summed E-state index contributed by atoms with van der Waals surface area (Å²) in [4.78, 5) is 24.4. The average Bonchev–Trinajstić information content (AvgIpc) is 2.95. The number of carbonyl (C=O) groups excluding carboxylic acids is 2. The SMILES string of the molecule is CO[C@H]1CC2=C(C(=O)C[C@@H](c3ccccc3)O2)[C@H]2CC(=O)O[C@@H]12. The first-order chi connectivity index (χ1) is 11.2. The van der Waals surface area contributed by atoms with Crippen molar-refractivity contribution in [1.82, 2.24) is 0 Å². The van der Waals surface area contributed by atoms with Gasteiger partial charge in [0.2, 0.25) is 0 Å². The fraction of sp³-hybridized carbons (Fsp3) is 0.444. The molecule has 1 aromatic rings. The number of fused-ring (bicyclic) bond motifs is 2. The summed E-state index contributed by atoms with van der Waals surface area (Å²) in [5.74, 6) is 0.221. The van der Waals surface area contributed by atoms with Crippen LogP contribution in [0.1, 0.15) is 30.9 Å². The molecule has 0 radical (unpaired) electrons. The number of hydrogen-bond acceptors (Lipinski definition) is 5. The molecule has 0 unspecified atom stereocenters. The van der Waals surface area contributed by atoms with Crippen LogP contribution in [0.25, 0.3) is 0 Å². The molecule has 1 fully saturated rings. The van der Waals surface area contributed by atoms with Gasteiger partial charge in [-0.3, -0.25) is 9.59 Å². The van der Waals surface area contributed by atoms with Crippen molar-refractivity contribution in [2.24, 2.45) is 5.92 Å². The first-order valence-electron chi connectivity index (χ1n) is 7.87. The number of methoxy groups -OCH3 is 1. The van der Waals surface area contributed by atoms with Crippen molar-refractivity contribution in [3.8, 4) is 0 Å². The lowest BCUT2D eigenvalue weighted by Crippen LogP contribution is -2.42. The van der Waals surface area contributed by atoms with Gasteiger partial charge in [-0.05, 0) is 5.56 Å². The zero-order chi connectivity index (χ0) is 16.0. The highest BCUT2D eigenvalue weighted by Gasteiger charge is 2.51. The van der Waals surface area contributed by atoms with Crippen molar-refractivity contribution in [3.05, 3.63) is 47.2 Å². The van der Waals surface area contributed by atoms with Crippen LogP contribution < -0.4 is 0 Å². The average molecular weight is 314 g/mol. The van der Waals surface area contributed by atoms with Crippen LogP contribution in [-0.4, -0.2) is 31.1 Å². The minimum Gasteiger partial charge on any atom is -0.489 e. The molecule has 4 atom stereocenters. The van der Waals surface area contributed by atoms with Gasteiger partial charge in [-0.25, -0.2) is 0 Å². The number of Topliss-reactive ketones (excluding diaryl/α,β-unsaturated/α-hetero) is 1. The molecule has 0 spiro atoms. The predicted octanol–water partition coefficient (Wildman–Crippen LogP) is 2.32. The lowest BCUT2D eigenvalue weighted by Gasteiger charge is -2.38. The fourth-order valence-electron chi connectivity index (χ4n) is 3.83. The second-order valence-electron chi connectivity index (χ2n) is 6.22. The van der Waals surface area contributed by atoms with Gasteiger partial charge < -0.3 is 14.2 Å². The summed E-state index contributed by atoms with van der Waals surface area (Å²) >= 11 is 0. The Morgan fingerprint density at radius 2 is 1.83 bits per heavy atom. The molecule has 0 saturated carbocycles. The maximum atomic E-state index is 12.7. The van der Waals surface area contributed by atoms with Gasteiger partial charge in [-0.15, -0.1) is 0 Å². The quantitative estimate of drug-likeness (QED) is 0.784. The zero-order valence-electron chi connectivity index (χ0n) is 12.9. The second kappa shape index (κ2) is 5.49. The van der Waals surface area contributed by atoms with E-state index in [4.69, 9.17) is 14.2 Å². The van der Waals surface area contributed by atoms with Crippen molar-refractivity contribution in [2.45, 2.75) is 37.6 Å². The lowest BCUT2D eigenvalue weighted by molar-refractivity contribution is -0.148. The number of benzene rings is 1. The molecule has 3 aliphatic rings. The summed E-state index contributed by atoms with van der Waals surface area (Å²) in [6, 6.07) is 9.74. The monoisotopic (exact) mass is 314 g/mol. The number of rotatable bonds is 2. The van der Waals surface area contributed by atoms with Crippen LogP contribution in [-0.2, 0) is 23.8 Å². The van der Waals surface area contributed by atoms with Crippen molar-refractivity contribution in [3.63, 3.8) is 0 Å². The van der Waals surface area contributed by atoms with E-state index in [-0.39, 0.29) is 42.4 Å².